The van der Waals surface area contributed by atoms with Gasteiger partial charge in [0.25, 0.3) is 0 Å². The number of halogens is 1. The van der Waals surface area contributed by atoms with E-state index in [9.17, 15) is 4.39 Å². The smallest absolute Gasteiger partial charge is 0.151 e. The van der Waals surface area contributed by atoms with Crippen molar-refractivity contribution in [3.8, 4) is 0 Å². The van der Waals surface area contributed by atoms with Crippen LogP contribution < -0.4 is 5.73 Å². The summed E-state index contributed by atoms with van der Waals surface area (Å²) in [6, 6.07) is 12.6. The average Bonchev–Trinajstić information content (AvgIpc) is 2.72. The van der Waals surface area contributed by atoms with Crippen molar-refractivity contribution in [2.75, 3.05) is 5.73 Å². The fraction of sp³-hybridized carbons (Fsp3) is 0.133. The van der Waals surface area contributed by atoms with Crippen LogP contribution >= 0.6 is 0 Å². The van der Waals surface area contributed by atoms with Crippen LogP contribution in [0.1, 0.15) is 11.4 Å². The van der Waals surface area contributed by atoms with Crippen molar-refractivity contribution >= 4 is 16.7 Å². The van der Waals surface area contributed by atoms with Gasteiger partial charge in [-0.3, -0.25) is 0 Å². The second-order valence-electron chi connectivity index (χ2n) is 4.57. The van der Waals surface area contributed by atoms with E-state index in [1.807, 2.05) is 41.9 Å². The van der Waals surface area contributed by atoms with Crippen molar-refractivity contribution < 1.29 is 4.39 Å². The Morgan fingerprint density at radius 2 is 1.95 bits per heavy atom. The number of para-hydroxylation sites is 2. The van der Waals surface area contributed by atoms with Gasteiger partial charge in [-0.25, -0.2) is 9.37 Å². The Hall–Kier alpha value is -2.36. The van der Waals surface area contributed by atoms with Gasteiger partial charge < -0.3 is 10.3 Å². The molecule has 0 saturated heterocycles. The molecule has 0 aliphatic carbocycles. The highest BCUT2D eigenvalue weighted by molar-refractivity contribution is 5.76. The summed E-state index contributed by atoms with van der Waals surface area (Å²) in [5.41, 5.74) is 8.87. The Labute approximate surface area is 110 Å². The minimum atomic E-state index is -0.291. The highest BCUT2D eigenvalue weighted by Crippen LogP contribution is 2.21. The number of aryl methyl sites for hydroxylation is 1. The number of anilines is 1. The zero-order chi connectivity index (χ0) is 13.4. The molecule has 0 unspecified atom stereocenters. The number of hydrogen-bond donors (Lipinski definition) is 1. The molecule has 0 atom stereocenters. The quantitative estimate of drug-likeness (QED) is 0.715. The Morgan fingerprint density at radius 1 is 1.16 bits per heavy atom. The summed E-state index contributed by atoms with van der Waals surface area (Å²) in [7, 11) is 1.89. The predicted octanol–water partition coefficient (Wildman–Crippen LogP) is 2.89. The van der Waals surface area contributed by atoms with Gasteiger partial charge in [-0.15, -0.1) is 0 Å². The van der Waals surface area contributed by atoms with E-state index in [0.717, 1.165) is 22.6 Å². The van der Waals surface area contributed by atoms with Gasteiger partial charge in [-0.05, 0) is 23.8 Å². The molecule has 3 aromatic rings. The second-order valence-corrected chi connectivity index (χ2v) is 4.57. The number of hydrogen-bond acceptors (Lipinski definition) is 2. The zero-order valence-electron chi connectivity index (χ0n) is 10.6. The summed E-state index contributed by atoms with van der Waals surface area (Å²) < 4.78 is 15.6. The lowest BCUT2D eigenvalue weighted by atomic mass is 10.1. The van der Waals surface area contributed by atoms with E-state index >= 15 is 0 Å². The normalized spacial score (nSPS) is 11.1. The van der Waals surface area contributed by atoms with Crippen LogP contribution in [0.3, 0.4) is 0 Å². The Balaban J connectivity index is 2.09. The molecule has 0 fully saturated rings. The molecule has 0 spiro atoms. The van der Waals surface area contributed by atoms with Crippen molar-refractivity contribution in [1.29, 1.82) is 0 Å². The van der Waals surface area contributed by atoms with Gasteiger partial charge in [0.2, 0.25) is 0 Å². The van der Waals surface area contributed by atoms with Crippen LogP contribution in [0.5, 0.6) is 0 Å². The summed E-state index contributed by atoms with van der Waals surface area (Å²) in [4.78, 5) is 4.38. The van der Waals surface area contributed by atoms with Gasteiger partial charge >= 0.3 is 0 Å². The molecule has 1 heterocycles. The topological polar surface area (TPSA) is 43.8 Å². The number of nitrogens with two attached hydrogens (primary N) is 1. The summed E-state index contributed by atoms with van der Waals surface area (Å²) in [5.74, 6) is 0.512. The van der Waals surface area contributed by atoms with Gasteiger partial charge in [-0.1, -0.05) is 24.3 Å². The molecule has 96 valence electrons. The standard InChI is InChI=1S/C15H14FN3/c1-19-13-8-4-6-11(16)15(13)18-14(19)9-10-5-2-3-7-12(10)17/h2-8H,9,17H2,1H3. The maximum atomic E-state index is 13.7. The molecule has 1 aromatic heterocycles. The molecule has 0 radical (unpaired) electrons. The third-order valence-electron chi connectivity index (χ3n) is 3.36. The lowest BCUT2D eigenvalue weighted by molar-refractivity contribution is 0.637. The molecule has 0 saturated carbocycles. The lowest BCUT2D eigenvalue weighted by Crippen LogP contribution is -2.01. The van der Waals surface area contributed by atoms with E-state index in [2.05, 4.69) is 4.98 Å². The van der Waals surface area contributed by atoms with Gasteiger partial charge in [0.05, 0.1) is 5.52 Å². The summed E-state index contributed by atoms with van der Waals surface area (Å²) in [6.07, 6.45) is 0.595. The van der Waals surface area contributed by atoms with Crippen LogP contribution in [-0.4, -0.2) is 9.55 Å². The highest BCUT2D eigenvalue weighted by Gasteiger charge is 2.12. The fourth-order valence-electron chi connectivity index (χ4n) is 2.25. The Morgan fingerprint density at radius 3 is 2.68 bits per heavy atom. The molecule has 4 heteroatoms. The van der Waals surface area contributed by atoms with Gasteiger partial charge in [0.15, 0.2) is 5.82 Å². The molecule has 0 aliphatic heterocycles. The number of nitrogen functional groups attached to an aromatic ring is 1. The van der Waals surface area contributed by atoms with Crippen LogP contribution in [0.15, 0.2) is 42.5 Å². The first kappa shape index (κ1) is 11.7. The SMILES string of the molecule is Cn1c(Cc2ccccc2N)nc2c(F)cccc21. The number of rotatable bonds is 2. The lowest BCUT2D eigenvalue weighted by Gasteiger charge is -2.05. The number of aromatic nitrogens is 2. The first-order chi connectivity index (χ1) is 9.16. The summed E-state index contributed by atoms with van der Waals surface area (Å²) in [6.45, 7) is 0. The van der Waals surface area contributed by atoms with E-state index in [1.165, 1.54) is 6.07 Å². The third kappa shape index (κ3) is 1.95. The molecular formula is C15H14FN3. The minimum Gasteiger partial charge on any atom is -0.398 e. The Kier molecular flexibility index (Phi) is 2.71. The van der Waals surface area contributed by atoms with Crippen LogP contribution in [0.25, 0.3) is 11.0 Å². The number of fused-ring (bicyclic) bond motifs is 1. The molecule has 3 rings (SSSR count). The molecule has 3 nitrogen and oxygen atoms in total. The number of benzene rings is 2. The average molecular weight is 255 g/mol. The van der Waals surface area contributed by atoms with E-state index in [4.69, 9.17) is 5.73 Å². The number of nitrogens with zero attached hydrogens (tertiary/aromatic N) is 2. The first-order valence-corrected chi connectivity index (χ1v) is 6.10. The summed E-state index contributed by atoms with van der Waals surface area (Å²) in [5, 5.41) is 0. The number of imidazole rings is 1. The molecule has 2 aromatic carbocycles. The van der Waals surface area contributed by atoms with Gasteiger partial charge in [0, 0.05) is 19.2 Å². The van der Waals surface area contributed by atoms with E-state index in [1.54, 1.807) is 6.07 Å². The van der Waals surface area contributed by atoms with Crippen molar-refractivity contribution in [1.82, 2.24) is 9.55 Å². The van der Waals surface area contributed by atoms with Crippen LogP contribution in [0, 0.1) is 5.82 Å². The third-order valence-corrected chi connectivity index (χ3v) is 3.36. The monoisotopic (exact) mass is 255 g/mol. The first-order valence-electron chi connectivity index (χ1n) is 6.10. The Bertz CT molecular complexity index is 746. The minimum absolute atomic E-state index is 0.291. The molecule has 0 bridgehead atoms. The molecule has 0 amide bonds. The van der Waals surface area contributed by atoms with Crippen molar-refractivity contribution in [2.24, 2.45) is 7.05 Å². The fourth-order valence-corrected chi connectivity index (χ4v) is 2.25. The molecule has 19 heavy (non-hydrogen) atoms. The maximum absolute atomic E-state index is 13.7. The molecule has 0 aliphatic rings. The molecule has 2 N–H and O–H groups in total. The van der Waals surface area contributed by atoms with Gasteiger partial charge in [0.1, 0.15) is 11.3 Å². The summed E-state index contributed by atoms with van der Waals surface area (Å²) >= 11 is 0. The predicted molar refractivity (Wildman–Crippen MR) is 74.3 cm³/mol. The second kappa shape index (κ2) is 4.39. The highest BCUT2D eigenvalue weighted by atomic mass is 19.1. The van der Waals surface area contributed by atoms with Crippen LogP contribution in [0.4, 0.5) is 10.1 Å². The zero-order valence-corrected chi connectivity index (χ0v) is 10.6. The van der Waals surface area contributed by atoms with E-state index in [0.29, 0.717) is 11.9 Å². The van der Waals surface area contributed by atoms with Crippen molar-refractivity contribution in [3.63, 3.8) is 0 Å². The van der Waals surface area contributed by atoms with Crippen molar-refractivity contribution in [3.05, 3.63) is 59.7 Å². The van der Waals surface area contributed by atoms with E-state index < -0.39 is 0 Å². The van der Waals surface area contributed by atoms with Crippen LogP contribution in [-0.2, 0) is 13.5 Å². The van der Waals surface area contributed by atoms with Gasteiger partial charge in [-0.2, -0.15) is 0 Å². The largest absolute Gasteiger partial charge is 0.398 e. The van der Waals surface area contributed by atoms with E-state index in [-0.39, 0.29) is 5.82 Å². The molecular weight excluding hydrogens is 241 g/mol. The maximum Gasteiger partial charge on any atom is 0.151 e. The van der Waals surface area contributed by atoms with Crippen LogP contribution in [0.2, 0.25) is 0 Å². The van der Waals surface area contributed by atoms with Crippen molar-refractivity contribution in [2.45, 2.75) is 6.42 Å².